The summed E-state index contributed by atoms with van der Waals surface area (Å²) >= 11 is 0. The number of aromatic nitrogens is 4. The number of H-pyrrole nitrogens is 2. The maximum atomic E-state index is 13.9. The average molecular weight is 803 g/mol. The van der Waals surface area contributed by atoms with Crippen LogP contribution < -0.4 is 10.6 Å². The Labute approximate surface area is 346 Å². The van der Waals surface area contributed by atoms with E-state index in [4.69, 9.17) is 9.47 Å². The van der Waals surface area contributed by atoms with Gasteiger partial charge in [-0.25, -0.2) is 19.6 Å². The van der Waals surface area contributed by atoms with E-state index < -0.39 is 36.4 Å². The van der Waals surface area contributed by atoms with Gasteiger partial charge in [0.15, 0.2) is 0 Å². The van der Waals surface area contributed by atoms with Crippen LogP contribution in [0.5, 0.6) is 0 Å². The van der Waals surface area contributed by atoms with Gasteiger partial charge in [-0.15, -0.1) is 0 Å². The third-order valence-electron chi connectivity index (χ3n) is 10.6. The number of ether oxygens (including phenoxy) is 2. The molecule has 1 unspecified atom stereocenters. The first-order valence-electron chi connectivity index (χ1n) is 19.4. The number of imidazole rings is 2. The van der Waals surface area contributed by atoms with Crippen molar-refractivity contribution in [2.45, 2.75) is 24.2 Å². The second-order valence-corrected chi connectivity index (χ2v) is 14.2. The van der Waals surface area contributed by atoms with Crippen LogP contribution in [0.1, 0.15) is 46.9 Å². The molecule has 4 heterocycles. The van der Waals surface area contributed by atoms with Crippen molar-refractivity contribution in [3.05, 3.63) is 169 Å². The van der Waals surface area contributed by atoms with E-state index in [1.54, 1.807) is 46.5 Å². The largest absolute Gasteiger partial charge is 0.453 e. The minimum absolute atomic E-state index is 0.281. The second-order valence-electron chi connectivity index (χ2n) is 14.2. The Morgan fingerprint density at radius 2 is 0.933 bits per heavy atom. The monoisotopic (exact) mass is 802 g/mol. The molecule has 4 amide bonds. The fourth-order valence-electron chi connectivity index (χ4n) is 7.48. The molecule has 302 valence electrons. The summed E-state index contributed by atoms with van der Waals surface area (Å²) in [6, 6.07) is 31.7. The van der Waals surface area contributed by atoms with Gasteiger partial charge in [0.2, 0.25) is 0 Å². The van der Waals surface area contributed by atoms with Crippen molar-refractivity contribution in [3.63, 3.8) is 0 Å². The molecule has 0 radical (unpaired) electrons. The number of nitrogens with one attached hydrogen (secondary N) is 4. The Morgan fingerprint density at radius 3 is 1.30 bits per heavy atom. The van der Waals surface area contributed by atoms with Crippen molar-refractivity contribution in [1.82, 2.24) is 40.4 Å². The topological polar surface area (TPSA) is 175 Å². The van der Waals surface area contributed by atoms with Crippen LogP contribution in [0.25, 0.3) is 33.6 Å². The number of carbonyl (C=O) groups excluding carboxylic acids is 4. The summed E-state index contributed by atoms with van der Waals surface area (Å²) in [6.07, 6.45) is 9.79. The van der Waals surface area contributed by atoms with Gasteiger partial charge < -0.3 is 39.9 Å². The summed E-state index contributed by atoms with van der Waals surface area (Å²) in [5.41, 5.74) is 6.80. The maximum absolute atomic E-state index is 13.9. The van der Waals surface area contributed by atoms with Gasteiger partial charge in [0.1, 0.15) is 35.8 Å². The van der Waals surface area contributed by atoms with Crippen LogP contribution in [0.3, 0.4) is 0 Å². The lowest BCUT2D eigenvalue weighted by Gasteiger charge is -2.28. The standard InChI is InChI=1S/C46H42N8O6/c1-59-45(57)51-39(33-11-5-3-6-12-33)43(55)53-25-9-15-37(53)41-47-27-35(49-41)31-21-17-29(18-22-31)30-19-23-32(24-20-30)36-28-48-42(50-36)38-16-10-26-54(38)44(56)40(52-46(58)60-2)34-13-7-4-8-14-34/h3-24,27-28,37-40H,25-26H2,1-2H3,(H,47,49)(H,48,50)(H,51,57)(H,52,58)/t37-,38?,39+,40+/m0/s1. The highest BCUT2D eigenvalue weighted by atomic mass is 16.5. The predicted octanol–water partition coefficient (Wildman–Crippen LogP) is 7.21. The highest BCUT2D eigenvalue weighted by molar-refractivity contribution is 5.89. The summed E-state index contributed by atoms with van der Waals surface area (Å²) in [5, 5.41) is 5.36. The van der Waals surface area contributed by atoms with Crippen molar-refractivity contribution in [3.8, 4) is 33.6 Å². The first-order chi connectivity index (χ1) is 29.3. The molecule has 60 heavy (non-hydrogen) atoms. The van der Waals surface area contributed by atoms with E-state index >= 15 is 0 Å². The van der Waals surface area contributed by atoms with Gasteiger partial charge in [0.05, 0.1) is 38.0 Å². The number of benzene rings is 4. The van der Waals surface area contributed by atoms with Crippen LogP contribution in [-0.4, -0.2) is 81.0 Å². The van der Waals surface area contributed by atoms with E-state index in [0.29, 0.717) is 35.9 Å². The summed E-state index contributed by atoms with van der Waals surface area (Å²) in [5.74, 6) is 0.648. The molecular weight excluding hydrogens is 761 g/mol. The maximum Gasteiger partial charge on any atom is 0.407 e. The molecule has 4 atom stereocenters. The van der Waals surface area contributed by atoms with E-state index in [9.17, 15) is 19.2 Å². The number of rotatable bonds is 11. The lowest BCUT2D eigenvalue weighted by atomic mass is 10.0. The number of hydrogen-bond acceptors (Lipinski definition) is 8. The Kier molecular flexibility index (Phi) is 11.3. The van der Waals surface area contributed by atoms with E-state index in [-0.39, 0.29) is 11.8 Å². The molecular formula is C46H42N8O6. The van der Waals surface area contributed by atoms with Crippen molar-refractivity contribution >= 4 is 24.0 Å². The molecule has 14 nitrogen and oxygen atoms in total. The third-order valence-corrected chi connectivity index (χ3v) is 10.6. The number of nitrogens with zero attached hydrogens (tertiary/aromatic N) is 4. The van der Waals surface area contributed by atoms with Crippen molar-refractivity contribution in [2.75, 3.05) is 27.3 Å². The number of methoxy groups -OCH3 is 2. The van der Waals surface area contributed by atoms with Gasteiger partial charge in [-0.05, 0) is 33.4 Å². The van der Waals surface area contributed by atoms with Crippen LogP contribution in [0, 0.1) is 0 Å². The summed E-state index contributed by atoms with van der Waals surface area (Å²) < 4.78 is 9.62. The zero-order chi connectivity index (χ0) is 41.6. The lowest BCUT2D eigenvalue weighted by molar-refractivity contribution is -0.134. The van der Waals surface area contributed by atoms with E-state index in [0.717, 1.165) is 33.6 Å². The fraction of sp³-hybridized carbons (Fsp3) is 0.174. The molecule has 0 saturated heterocycles. The Bertz CT molecular complexity index is 2360. The highest BCUT2D eigenvalue weighted by Crippen LogP contribution is 2.33. The zero-order valence-electron chi connectivity index (χ0n) is 32.8. The molecule has 0 aliphatic carbocycles. The van der Waals surface area contributed by atoms with Gasteiger partial charge in [-0.3, -0.25) is 9.59 Å². The van der Waals surface area contributed by atoms with Crippen LogP contribution in [0.2, 0.25) is 0 Å². The summed E-state index contributed by atoms with van der Waals surface area (Å²) in [4.78, 5) is 71.5. The molecule has 4 N–H and O–H groups in total. The number of carbonyl (C=O) groups is 4. The zero-order valence-corrected chi connectivity index (χ0v) is 32.8. The van der Waals surface area contributed by atoms with Gasteiger partial charge in [-0.2, -0.15) is 0 Å². The number of alkyl carbamates (subject to hydrolysis) is 2. The molecule has 2 aromatic heterocycles. The van der Waals surface area contributed by atoms with Crippen LogP contribution >= 0.6 is 0 Å². The molecule has 2 aliphatic rings. The molecule has 6 aromatic rings. The normalized spacial score (nSPS) is 16.6. The van der Waals surface area contributed by atoms with Gasteiger partial charge in [0.25, 0.3) is 11.8 Å². The minimum atomic E-state index is -0.926. The predicted molar refractivity (Wildman–Crippen MR) is 224 cm³/mol. The van der Waals surface area contributed by atoms with Crippen molar-refractivity contribution in [2.24, 2.45) is 0 Å². The van der Waals surface area contributed by atoms with Gasteiger partial charge in [-0.1, -0.05) is 133 Å². The molecule has 0 saturated carbocycles. The van der Waals surface area contributed by atoms with Crippen LogP contribution in [0.4, 0.5) is 9.59 Å². The number of hydrogen-bond donors (Lipinski definition) is 4. The van der Waals surface area contributed by atoms with Crippen molar-refractivity contribution < 1.29 is 28.7 Å². The number of aromatic amines is 2. The molecule has 0 bridgehead atoms. The molecule has 0 fully saturated rings. The van der Waals surface area contributed by atoms with Gasteiger partial charge in [0, 0.05) is 13.1 Å². The quantitative estimate of drug-likeness (QED) is 0.0995. The molecule has 8 rings (SSSR count). The Balaban J connectivity index is 0.930. The molecule has 14 heteroatoms. The van der Waals surface area contributed by atoms with E-state index in [2.05, 4.69) is 30.6 Å². The Morgan fingerprint density at radius 1 is 0.567 bits per heavy atom. The molecule has 4 aromatic carbocycles. The smallest absolute Gasteiger partial charge is 0.407 e. The first-order valence-corrected chi connectivity index (χ1v) is 19.4. The summed E-state index contributed by atoms with van der Waals surface area (Å²) in [6.45, 7) is 0.733. The van der Waals surface area contributed by atoms with Crippen LogP contribution in [-0.2, 0) is 19.1 Å². The summed E-state index contributed by atoms with van der Waals surface area (Å²) in [7, 11) is 2.53. The Hall–Kier alpha value is -7.74. The molecule has 2 aliphatic heterocycles. The second kappa shape index (κ2) is 17.4. The SMILES string of the molecule is COC(=O)N[C@@H](C(=O)N1CC=CC1c1ncc(-c2ccc(-c3ccc(-c4cnc([C@@H]5C=CCN5C(=O)[C@H](NC(=O)OC)c5ccccc5)[nH]4)cc3)cc2)[nH]1)c1ccccc1. The first kappa shape index (κ1) is 39.1. The van der Waals surface area contributed by atoms with E-state index in [1.165, 1.54) is 14.2 Å². The molecule has 0 spiro atoms. The van der Waals surface area contributed by atoms with Gasteiger partial charge >= 0.3 is 12.2 Å². The van der Waals surface area contributed by atoms with Crippen molar-refractivity contribution in [1.29, 1.82) is 0 Å². The van der Waals surface area contributed by atoms with E-state index in [1.807, 2.05) is 109 Å². The van der Waals surface area contributed by atoms with Crippen LogP contribution in [0.15, 0.2) is 146 Å². The average Bonchev–Trinajstić information content (AvgIpc) is 4.15. The minimum Gasteiger partial charge on any atom is -0.453 e. The number of amides is 4. The highest BCUT2D eigenvalue weighted by Gasteiger charge is 2.36. The third kappa shape index (κ3) is 8.16. The fourth-order valence-corrected chi connectivity index (χ4v) is 7.48. The lowest BCUT2D eigenvalue weighted by Crippen LogP contribution is -2.43.